The molecule has 0 aliphatic heterocycles. The number of guanidine groups is 1. The van der Waals surface area contributed by atoms with Crippen LogP contribution in [0.1, 0.15) is 0 Å². The molecule has 7 heteroatoms. The molecule has 0 atom stereocenters. The second-order valence-corrected chi connectivity index (χ2v) is 3.32. The quantitative estimate of drug-likeness (QED) is 0.180. The molecule has 0 aliphatic carbocycles. The third-order valence-corrected chi connectivity index (χ3v) is 2.12. The first kappa shape index (κ1) is 16.1. The van der Waals surface area contributed by atoms with E-state index in [0.29, 0.717) is 45.4 Å². The van der Waals surface area contributed by atoms with Crippen LogP contribution in [0.25, 0.3) is 0 Å². The minimum absolute atomic E-state index is 0.562. The highest BCUT2D eigenvalue weighted by Crippen LogP contribution is 1.91. The van der Waals surface area contributed by atoms with Gasteiger partial charge in [-0.3, -0.25) is 5.43 Å². The molecule has 0 aromatic heterocycles. The Morgan fingerprint density at radius 3 is 2.00 bits per heavy atom. The van der Waals surface area contributed by atoms with Crippen LogP contribution in [0.4, 0.5) is 0 Å². The monoisotopic (exact) mass is 248 g/mol. The molecule has 0 radical (unpaired) electrons. The van der Waals surface area contributed by atoms with E-state index >= 15 is 0 Å². The summed E-state index contributed by atoms with van der Waals surface area (Å²) in [5.74, 6) is 6.08. The molecular formula is C10H24N4O3. The molecule has 102 valence electrons. The molecule has 0 rings (SSSR count). The summed E-state index contributed by atoms with van der Waals surface area (Å²) in [5, 5.41) is 0. The highest BCUT2D eigenvalue weighted by molar-refractivity contribution is 5.79. The van der Waals surface area contributed by atoms with Crippen molar-refractivity contribution in [2.24, 2.45) is 10.8 Å². The Bertz CT molecular complexity index is 194. The van der Waals surface area contributed by atoms with E-state index in [9.17, 15) is 0 Å². The number of hydrazine groups is 1. The summed E-state index contributed by atoms with van der Waals surface area (Å²) in [5.41, 5.74) is 2.59. The standard InChI is InChI=1S/C10H24N4O3/c1-15-7-4-12-10(13-11)14(5-8-16-2)6-9-17-3/h4-9,11H2,1-3H3,(H,12,13). The van der Waals surface area contributed by atoms with E-state index in [1.54, 1.807) is 21.3 Å². The number of aliphatic imine (C=N–C) groups is 1. The third kappa shape index (κ3) is 7.92. The van der Waals surface area contributed by atoms with Gasteiger partial charge in [0.25, 0.3) is 0 Å². The largest absolute Gasteiger partial charge is 0.383 e. The van der Waals surface area contributed by atoms with Crippen molar-refractivity contribution in [3.05, 3.63) is 0 Å². The lowest BCUT2D eigenvalue weighted by Gasteiger charge is -2.24. The van der Waals surface area contributed by atoms with Crippen LogP contribution in [0.2, 0.25) is 0 Å². The second-order valence-electron chi connectivity index (χ2n) is 3.32. The molecule has 0 unspecified atom stereocenters. The molecule has 7 nitrogen and oxygen atoms in total. The number of ether oxygens (including phenoxy) is 3. The predicted molar refractivity (Wildman–Crippen MR) is 66.8 cm³/mol. The second kappa shape index (κ2) is 11.6. The van der Waals surface area contributed by atoms with Gasteiger partial charge >= 0.3 is 0 Å². The van der Waals surface area contributed by atoms with Crippen LogP contribution in [0, 0.1) is 0 Å². The molecule has 0 heterocycles. The first-order chi connectivity index (χ1) is 8.29. The Kier molecular flexibility index (Phi) is 11.0. The third-order valence-electron chi connectivity index (χ3n) is 2.12. The maximum atomic E-state index is 5.45. The van der Waals surface area contributed by atoms with Crippen LogP contribution in [0.5, 0.6) is 0 Å². The van der Waals surface area contributed by atoms with Crippen LogP contribution in [0.15, 0.2) is 4.99 Å². The van der Waals surface area contributed by atoms with Crippen molar-refractivity contribution >= 4 is 5.96 Å². The molecule has 17 heavy (non-hydrogen) atoms. The molecule has 0 bridgehead atoms. The van der Waals surface area contributed by atoms with Gasteiger partial charge in [-0.2, -0.15) is 0 Å². The number of methoxy groups -OCH3 is 3. The maximum Gasteiger partial charge on any atom is 0.208 e. The molecule has 0 aliphatic rings. The van der Waals surface area contributed by atoms with Gasteiger partial charge in [0.15, 0.2) is 0 Å². The maximum absolute atomic E-state index is 5.45. The zero-order valence-corrected chi connectivity index (χ0v) is 10.9. The van der Waals surface area contributed by atoms with Crippen molar-refractivity contribution in [3.63, 3.8) is 0 Å². The fourth-order valence-electron chi connectivity index (χ4n) is 1.21. The van der Waals surface area contributed by atoms with Gasteiger partial charge in [-0.1, -0.05) is 0 Å². The number of rotatable bonds is 9. The van der Waals surface area contributed by atoms with Crippen LogP contribution >= 0.6 is 0 Å². The molecule has 0 saturated heterocycles. The van der Waals surface area contributed by atoms with Gasteiger partial charge in [-0.25, -0.2) is 10.8 Å². The normalized spacial score (nSPS) is 11.6. The van der Waals surface area contributed by atoms with E-state index in [4.69, 9.17) is 20.1 Å². The molecule has 3 N–H and O–H groups in total. The summed E-state index contributed by atoms with van der Waals surface area (Å²) in [7, 11) is 4.96. The van der Waals surface area contributed by atoms with E-state index in [2.05, 4.69) is 10.4 Å². The molecular weight excluding hydrogens is 224 g/mol. The Balaban J connectivity index is 4.30. The van der Waals surface area contributed by atoms with Gasteiger partial charge in [-0.15, -0.1) is 0 Å². The number of nitrogens with two attached hydrogens (primary N) is 1. The molecule has 0 fully saturated rings. The van der Waals surface area contributed by atoms with Gasteiger partial charge in [0.1, 0.15) is 0 Å². The Morgan fingerprint density at radius 2 is 1.59 bits per heavy atom. The fraction of sp³-hybridized carbons (Fsp3) is 0.900. The Morgan fingerprint density at radius 1 is 1.06 bits per heavy atom. The molecule has 0 aromatic carbocycles. The van der Waals surface area contributed by atoms with Gasteiger partial charge in [-0.05, 0) is 0 Å². The first-order valence-corrected chi connectivity index (χ1v) is 5.53. The molecule has 0 aromatic rings. The van der Waals surface area contributed by atoms with Gasteiger partial charge in [0.05, 0.1) is 26.4 Å². The average Bonchev–Trinajstić information content (AvgIpc) is 2.36. The van der Waals surface area contributed by atoms with Crippen molar-refractivity contribution in [1.29, 1.82) is 0 Å². The molecule has 0 amide bonds. The first-order valence-electron chi connectivity index (χ1n) is 5.53. The minimum atomic E-state index is 0.562. The molecule has 0 saturated carbocycles. The summed E-state index contributed by atoms with van der Waals surface area (Å²) in [6.07, 6.45) is 0. The number of nitrogens with zero attached hydrogens (tertiary/aromatic N) is 2. The van der Waals surface area contributed by atoms with E-state index in [0.717, 1.165) is 0 Å². The number of nitrogens with one attached hydrogen (secondary N) is 1. The highest BCUT2D eigenvalue weighted by Gasteiger charge is 2.09. The summed E-state index contributed by atoms with van der Waals surface area (Å²) in [6, 6.07) is 0. The SMILES string of the molecule is COCCN=C(NN)N(CCOC)CCOC. The number of hydrogen-bond donors (Lipinski definition) is 2. The number of hydrogen-bond acceptors (Lipinski definition) is 5. The fourth-order valence-corrected chi connectivity index (χ4v) is 1.21. The zero-order chi connectivity index (χ0) is 12.9. The van der Waals surface area contributed by atoms with Crippen LogP contribution in [-0.4, -0.2) is 71.6 Å². The Hall–Kier alpha value is -0.890. The smallest absolute Gasteiger partial charge is 0.208 e. The van der Waals surface area contributed by atoms with E-state index < -0.39 is 0 Å². The summed E-state index contributed by atoms with van der Waals surface area (Å²) in [4.78, 5) is 6.28. The van der Waals surface area contributed by atoms with Crippen molar-refractivity contribution < 1.29 is 14.2 Å². The minimum Gasteiger partial charge on any atom is -0.383 e. The van der Waals surface area contributed by atoms with Crippen LogP contribution in [-0.2, 0) is 14.2 Å². The lowest BCUT2D eigenvalue weighted by Crippen LogP contribution is -2.47. The highest BCUT2D eigenvalue weighted by atomic mass is 16.5. The van der Waals surface area contributed by atoms with Gasteiger partial charge < -0.3 is 19.1 Å². The van der Waals surface area contributed by atoms with E-state index in [-0.39, 0.29) is 0 Å². The van der Waals surface area contributed by atoms with E-state index in [1.807, 2.05) is 4.90 Å². The predicted octanol–water partition coefficient (Wildman–Crippen LogP) is -0.953. The van der Waals surface area contributed by atoms with Crippen molar-refractivity contribution in [1.82, 2.24) is 10.3 Å². The van der Waals surface area contributed by atoms with Crippen LogP contribution < -0.4 is 11.3 Å². The summed E-state index contributed by atoms with van der Waals surface area (Å²) in [6.45, 7) is 3.75. The van der Waals surface area contributed by atoms with Gasteiger partial charge in [0, 0.05) is 34.4 Å². The lowest BCUT2D eigenvalue weighted by atomic mass is 10.5. The van der Waals surface area contributed by atoms with Crippen molar-refractivity contribution in [2.45, 2.75) is 0 Å². The average molecular weight is 248 g/mol. The zero-order valence-electron chi connectivity index (χ0n) is 10.9. The summed E-state index contributed by atoms with van der Waals surface area (Å²) < 4.78 is 15.0. The van der Waals surface area contributed by atoms with Gasteiger partial charge in [0.2, 0.25) is 5.96 Å². The lowest BCUT2D eigenvalue weighted by molar-refractivity contribution is 0.144. The van der Waals surface area contributed by atoms with Crippen molar-refractivity contribution in [3.8, 4) is 0 Å². The van der Waals surface area contributed by atoms with Crippen LogP contribution in [0.3, 0.4) is 0 Å². The van der Waals surface area contributed by atoms with Crippen molar-refractivity contribution in [2.75, 3.05) is 60.8 Å². The topological polar surface area (TPSA) is 81.3 Å². The Labute approximate surface area is 103 Å². The van der Waals surface area contributed by atoms with E-state index in [1.165, 1.54) is 0 Å². The molecule has 0 spiro atoms. The summed E-state index contributed by atoms with van der Waals surface area (Å²) >= 11 is 0.